The number of halogens is 1. The Morgan fingerprint density at radius 3 is 2.30 bits per heavy atom. The largest absolute Gasteiger partial charge is 0.492 e. The zero-order valence-electron chi connectivity index (χ0n) is 19.9. The monoisotopic (exact) mass is 536 g/mol. The molecule has 0 aliphatic heterocycles. The first-order valence-corrected chi connectivity index (χ1v) is 11.5. The number of guanidine groups is 1. The number of carbonyl (C=O) groups is 3. The number of nitrogen functional groups attached to an aromatic ring is 2. The van der Waals surface area contributed by atoms with E-state index in [-0.39, 0.29) is 54.7 Å². The second kappa shape index (κ2) is 14.4. The van der Waals surface area contributed by atoms with Gasteiger partial charge in [-0.15, -0.1) is 0 Å². The van der Waals surface area contributed by atoms with E-state index < -0.39 is 17.8 Å². The number of unbranched alkanes of at least 4 members (excludes halogenated alkanes) is 1. The van der Waals surface area contributed by atoms with E-state index in [4.69, 9.17) is 43.4 Å². The molecule has 0 radical (unpaired) electrons. The van der Waals surface area contributed by atoms with E-state index in [0.29, 0.717) is 12.3 Å². The number of nitrogens with zero attached hydrogens (tertiary/aromatic N) is 3. The molecule has 0 aliphatic carbocycles. The predicted molar refractivity (Wildman–Crippen MR) is 136 cm³/mol. The highest BCUT2D eigenvalue weighted by Crippen LogP contribution is 2.17. The normalized spacial score (nSPS) is 10.6. The molecular weight excluding hydrogens is 508 g/mol. The van der Waals surface area contributed by atoms with Gasteiger partial charge in [-0.3, -0.25) is 30.0 Å². The first kappa shape index (κ1) is 29.1. The third kappa shape index (κ3) is 10.5. The van der Waals surface area contributed by atoms with Crippen molar-refractivity contribution in [3.8, 4) is 5.75 Å². The number of amides is 1. The molecule has 1 aromatic carbocycles. The summed E-state index contributed by atoms with van der Waals surface area (Å²) in [7, 11) is 0. The van der Waals surface area contributed by atoms with Gasteiger partial charge in [0.2, 0.25) is 0 Å². The lowest BCUT2D eigenvalue weighted by atomic mass is 10.1. The second-order valence-corrected chi connectivity index (χ2v) is 8.20. The van der Waals surface area contributed by atoms with Crippen LogP contribution >= 0.6 is 11.6 Å². The van der Waals surface area contributed by atoms with Crippen molar-refractivity contribution in [3.63, 3.8) is 0 Å². The number of benzene rings is 1. The average molecular weight is 537 g/mol. The van der Waals surface area contributed by atoms with Crippen LogP contribution in [0.2, 0.25) is 5.15 Å². The number of hydrogen-bond acceptors (Lipinski definition) is 10. The van der Waals surface area contributed by atoms with Gasteiger partial charge in [-0.2, -0.15) is 0 Å². The molecule has 0 aliphatic rings. The Hall–Kier alpha value is -4.17. The molecule has 0 saturated carbocycles. The van der Waals surface area contributed by atoms with E-state index in [1.807, 2.05) is 12.1 Å². The quantitative estimate of drug-likeness (QED) is 0.0988. The summed E-state index contributed by atoms with van der Waals surface area (Å²) in [6, 6.07) is 7.38. The third-order valence-corrected chi connectivity index (χ3v) is 5.15. The lowest BCUT2D eigenvalue weighted by Gasteiger charge is -2.18. The Morgan fingerprint density at radius 2 is 1.68 bits per heavy atom. The van der Waals surface area contributed by atoms with Crippen molar-refractivity contribution in [2.75, 3.05) is 44.3 Å². The summed E-state index contributed by atoms with van der Waals surface area (Å²) in [6.45, 7) is 0.00914. The maximum atomic E-state index is 12.2. The SMILES string of the molecule is N=C(NCCCCc1ccc(OCCN(CC(=O)O)CC(=O)O)cc1)NC(=O)c1nc(Cl)c(N)nc1N. The van der Waals surface area contributed by atoms with Gasteiger partial charge in [0.15, 0.2) is 28.4 Å². The van der Waals surface area contributed by atoms with Gasteiger partial charge in [0.25, 0.3) is 5.91 Å². The minimum Gasteiger partial charge on any atom is -0.492 e. The molecule has 0 fully saturated rings. The number of carboxylic acid groups (broad SMARTS) is 2. The number of hydrogen-bond donors (Lipinski definition) is 7. The molecule has 14 nitrogen and oxygen atoms in total. The number of aromatic nitrogens is 2. The van der Waals surface area contributed by atoms with E-state index in [9.17, 15) is 14.4 Å². The summed E-state index contributed by atoms with van der Waals surface area (Å²) in [5.74, 6) is -2.86. The van der Waals surface area contributed by atoms with Crippen molar-refractivity contribution >= 4 is 47.0 Å². The van der Waals surface area contributed by atoms with Crippen LogP contribution in [0.15, 0.2) is 24.3 Å². The fraction of sp³-hybridized carbons (Fsp3) is 0.364. The van der Waals surface area contributed by atoms with Gasteiger partial charge in [0.05, 0.1) is 13.1 Å². The topological polar surface area (TPSA) is 230 Å². The molecule has 15 heteroatoms. The van der Waals surface area contributed by atoms with Crippen molar-refractivity contribution in [2.24, 2.45) is 0 Å². The van der Waals surface area contributed by atoms with Crippen LogP contribution in [0.1, 0.15) is 28.9 Å². The van der Waals surface area contributed by atoms with Gasteiger partial charge >= 0.3 is 11.9 Å². The van der Waals surface area contributed by atoms with E-state index in [1.54, 1.807) is 12.1 Å². The highest BCUT2D eigenvalue weighted by atomic mass is 35.5. The van der Waals surface area contributed by atoms with Gasteiger partial charge in [0.1, 0.15) is 12.4 Å². The van der Waals surface area contributed by atoms with E-state index in [0.717, 1.165) is 24.8 Å². The van der Waals surface area contributed by atoms with Crippen LogP contribution < -0.4 is 26.8 Å². The van der Waals surface area contributed by atoms with Crippen LogP contribution in [-0.4, -0.2) is 81.7 Å². The van der Waals surface area contributed by atoms with Gasteiger partial charge in [-0.25, -0.2) is 9.97 Å². The van der Waals surface area contributed by atoms with E-state index in [2.05, 4.69) is 20.6 Å². The molecule has 2 aromatic rings. The number of rotatable bonds is 14. The van der Waals surface area contributed by atoms with Gasteiger partial charge in [-0.1, -0.05) is 23.7 Å². The van der Waals surface area contributed by atoms with Crippen LogP contribution in [0.3, 0.4) is 0 Å². The lowest BCUT2D eigenvalue weighted by molar-refractivity contribution is -0.141. The fourth-order valence-electron chi connectivity index (χ4n) is 3.13. The molecule has 1 heterocycles. The summed E-state index contributed by atoms with van der Waals surface area (Å²) in [5, 5.41) is 30.5. The van der Waals surface area contributed by atoms with Crippen LogP contribution in [0.25, 0.3) is 0 Å². The van der Waals surface area contributed by atoms with Crippen LogP contribution in [0.4, 0.5) is 11.6 Å². The van der Waals surface area contributed by atoms with Crippen molar-refractivity contribution in [1.82, 2.24) is 25.5 Å². The smallest absolute Gasteiger partial charge is 0.317 e. The fourth-order valence-corrected chi connectivity index (χ4v) is 3.26. The van der Waals surface area contributed by atoms with Gasteiger partial charge in [-0.05, 0) is 37.0 Å². The zero-order valence-corrected chi connectivity index (χ0v) is 20.6. The molecule has 0 atom stereocenters. The Morgan fingerprint density at radius 1 is 1.03 bits per heavy atom. The summed E-state index contributed by atoms with van der Waals surface area (Å²) in [6.07, 6.45) is 2.33. The molecule has 1 aromatic heterocycles. The lowest BCUT2D eigenvalue weighted by Crippen LogP contribution is -2.41. The molecule has 1 amide bonds. The molecule has 200 valence electrons. The molecule has 0 unspecified atom stereocenters. The number of nitrogens with two attached hydrogens (primary N) is 2. The number of anilines is 2. The van der Waals surface area contributed by atoms with Crippen molar-refractivity contribution in [2.45, 2.75) is 19.3 Å². The Kier molecular flexibility index (Phi) is 11.3. The number of carboxylic acids is 2. The minimum absolute atomic E-state index is 0.0941. The predicted octanol–water partition coefficient (Wildman–Crippen LogP) is 0.421. The molecule has 9 N–H and O–H groups in total. The Bertz CT molecular complexity index is 1100. The van der Waals surface area contributed by atoms with Gasteiger partial charge < -0.3 is 31.7 Å². The zero-order chi connectivity index (χ0) is 27.4. The molecule has 0 bridgehead atoms. The summed E-state index contributed by atoms with van der Waals surface area (Å²) in [5.41, 5.74) is 11.9. The highest BCUT2D eigenvalue weighted by molar-refractivity contribution is 6.31. The van der Waals surface area contributed by atoms with Crippen LogP contribution in [0, 0.1) is 5.41 Å². The molecular formula is C22H29ClN8O6. The second-order valence-electron chi connectivity index (χ2n) is 7.84. The number of carbonyl (C=O) groups excluding carboxylic acids is 1. The summed E-state index contributed by atoms with van der Waals surface area (Å²) >= 11 is 5.76. The standard InChI is InChI=1S/C22H29ClN8O6/c23-18-20(25)29-19(24)17(28-18)21(36)30-22(26)27-8-2-1-3-13-4-6-14(7-5-13)37-10-9-31(11-15(32)33)12-16(34)35/h4-7H,1-3,8-12H2,(H,32,33)(H,34,35)(H4,24,25,29)(H3,26,27,30,36). The number of ether oxygens (including phenoxy) is 1. The molecule has 37 heavy (non-hydrogen) atoms. The summed E-state index contributed by atoms with van der Waals surface area (Å²) < 4.78 is 5.58. The molecule has 0 spiro atoms. The van der Waals surface area contributed by atoms with E-state index >= 15 is 0 Å². The van der Waals surface area contributed by atoms with Gasteiger partial charge in [0, 0.05) is 13.1 Å². The molecule has 2 rings (SSSR count). The summed E-state index contributed by atoms with van der Waals surface area (Å²) in [4.78, 5) is 42.6. The van der Waals surface area contributed by atoms with Crippen molar-refractivity contribution in [3.05, 3.63) is 40.7 Å². The number of aliphatic carboxylic acids is 2. The van der Waals surface area contributed by atoms with Crippen LogP contribution in [-0.2, 0) is 16.0 Å². The first-order chi connectivity index (χ1) is 17.5. The number of aryl methyl sites for hydroxylation is 1. The number of nitrogens with one attached hydrogen (secondary N) is 3. The van der Waals surface area contributed by atoms with E-state index in [1.165, 1.54) is 4.90 Å². The minimum atomic E-state index is -1.11. The van der Waals surface area contributed by atoms with Crippen LogP contribution in [0.5, 0.6) is 5.75 Å². The average Bonchev–Trinajstić information content (AvgIpc) is 2.81. The van der Waals surface area contributed by atoms with Crippen molar-refractivity contribution in [1.29, 1.82) is 5.41 Å². The third-order valence-electron chi connectivity index (χ3n) is 4.87. The van der Waals surface area contributed by atoms with Crippen molar-refractivity contribution < 1.29 is 29.3 Å². The Balaban J connectivity index is 1.66. The maximum absolute atomic E-state index is 12.2. The molecule has 0 saturated heterocycles. The Labute approximate surface area is 217 Å². The highest BCUT2D eigenvalue weighted by Gasteiger charge is 2.17. The maximum Gasteiger partial charge on any atom is 0.317 e. The first-order valence-electron chi connectivity index (χ1n) is 11.1.